The second kappa shape index (κ2) is 5.33. The van der Waals surface area contributed by atoms with Gasteiger partial charge in [-0.1, -0.05) is 12.1 Å². The Kier molecular flexibility index (Phi) is 3.53. The van der Waals surface area contributed by atoms with Crippen molar-refractivity contribution in [3.05, 3.63) is 36.4 Å². The van der Waals surface area contributed by atoms with Crippen molar-refractivity contribution in [2.45, 2.75) is 25.9 Å². The van der Waals surface area contributed by atoms with Gasteiger partial charge in [-0.2, -0.15) is 0 Å². The number of methoxy groups -OCH3 is 1. The minimum absolute atomic E-state index is 0.530. The SMILES string of the molecule is COc1ccc2cc(N3C[C@@H](C)NC[C@@H]3C)ccc2c1. The van der Waals surface area contributed by atoms with Crippen LogP contribution in [0.25, 0.3) is 10.8 Å². The summed E-state index contributed by atoms with van der Waals surface area (Å²) in [6, 6.07) is 14.0. The fourth-order valence-electron chi connectivity index (χ4n) is 2.90. The zero-order valence-electron chi connectivity index (χ0n) is 12.4. The van der Waals surface area contributed by atoms with Gasteiger partial charge in [0.2, 0.25) is 0 Å². The molecule has 1 fully saturated rings. The highest BCUT2D eigenvalue weighted by molar-refractivity contribution is 5.87. The normalized spacial score (nSPS) is 23.1. The van der Waals surface area contributed by atoms with Gasteiger partial charge >= 0.3 is 0 Å². The summed E-state index contributed by atoms with van der Waals surface area (Å²) in [5.74, 6) is 0.911. The molecule has 2 atom stereocenters. The standard InChI is InChI=1S/C17H22N2O/c1-12-11-19(13(2)10-18-12)16-6-4-15-9-17(20-3)7-5-14(15)8-16/h4-9,12-13,18H,10-11H2,1-3H3/t12-,13+/m1/s1. The maximum atomic E-state index is 5.28. The van der Waals surface area contributed by atoms with Crippen LogP contribution in [0.4, 0.5) is 5.69 Å². The second-order valence-corrected chi connectivity index (χ2v) is 5.71. The first kappa shape index (κ1) is 13.3. The largest absolute Gasteiger partial charge is 0.497 e. The van der Waals surface area contributed by atoms with E-state index in [-0.39, 0.29) is 0 Å². The fraction of sp³-hybridized carbons (Fsp3) is 0.412. The molecule has 3 rings (SSSR count). The quantitative estimate of drug-likeness (QED) is 0.908. The molecular weight excluding hydrogens is 248 g/mol. The highest BCUT2D eigenvalue weighted by Crippen LogP contribution is 2.27. The zero-order chi connectivity index (χ0) is 14.1. The molecule has 0 aliphatic carbocycles. The Hall–Kier alpha value is -1.74. The molecule has 0 radical (unpaired) electrons. The number of piperazine rings is 1. The Balaban J connectivity index is 1.96. The molecule has 20 heavy (non-hydrogen) atoms. The minimum Gasteiger partial charge on any atom is -0.497 e. The van der Waals surface area contributed by atoms with Crippen LogP contribution in [0, 0.1) is 0 Å². The lowest BCUT2D eigenvalue weighted by atomic mass is 10.1. The van der Waals surface area contributed by atoms with Gasteiger partial charge in [0, 0.05) is 30.9 Å². The van der Waals surface area contributed by atoms with Gasteiger partial charge < -0.3 is 15.0 Å². The molecule has 1 heterocycles. The average Bonchev–Trinajstić information content (AvgIpc) is 2.48. The van der Waals surface area contributed by atoms with E-state index >= 15 is 0 Å². The van der Waals surface area contributed by atoms with Gasteiger partial charge in [0.25, 0.3) is 0 Å². The van der Waals surface area contributed by atoms with Crippen LogP contribution in [0.3, 0.4) is 0 Å². The summed E-state index contributed by atoms with van der Waals surface area (Å²) in [4.78, 5) is 2.49. The molecule has 0 saturated carbocycles. The summed E-state index contributed by atoms with van der Waals surface area (Å²) < 4.78 is 5.28. The van der Waals surface area contributed by atoms with Crippen molar-refractivity contribution < 1.29 is 4.74 Å². The van der Waals surface area contributed by atoms with Crippen LogP contribution in [0.1, 0.15) is 13.8 Å². The van der Waals surface area contributed by atoms with Crippen molar-refractivity contribution in [1.82, 2.24) is 5.32 Å². The molecular formula is C17H22N2O. The third-order valence-electron chi connectivity index (χ3n) is 4.13. The molecule has 0 amide bonds. The number of rotatable bonds is 2. The molecule has 0 spiro atoms. The topological polar surface area (TPSA) is 24.5 Å². The van der Waals surface area contributed by atoms with Gasteiger partial charge in [-0.15, -0.1) is 0 Å². The number of anilines is 1. The highest BCUT2D eigenvalue weighted by atomic mass is 16.5. The summed E-state index contributed by atoms with van der Waals surface area (Å²) in [6.07, 6.45) is 0. The van der Waals surface area contributed by atoms with Gasteiger partial charge in [-0.05, 0) is 48.9 Å². The summed E-state index contributed by atoms with van der Waals surface area (Å²) in [7, 11) is 1.71. The van der Waals surface area contributed by atoms with Gasteiger partial charge in [0.15, 0.2) is 0 Å². The molecule has 0 unspecified atom stereocenters. The van der Waals surface area contributed by atoms with Gasteiger partial charge in [0.1, 0.15) is 5.75 Å². The Morgan fingerprint density at radius 2 is 1.85 bits per heavy atom. The predicted octanol–water partition coefficient (Wildman–Crippen LogP) is 3.04. The van der Waals surface area contributed by atoms with E-state index < -0.39 is 0 Å². The third kappa shape index (κ3) is 2.46. The maximum absolute atomic E-state index is 5.28. The number of hydrogen-bond acceptors (Lipinski definition) is 3. The average molecular weight is 270 g/mol. The third-order valence-corrected chi connectivity index (χ3v) is 4.13. The molecule has 3 nitrogen and oxygen atoms in total. The molecule has 3 heteroatoms. The molecule has 1 saturated heterocycles. The molecule has 106 valence electrons. The monoisotopic (exact) mass is 270 g/mol. The van der Waals surface area contributed by atoms with Crippen LogP contribution in [-0.4, -0.2) is 32.3 Å². The summed E-state index contributed by atoms with van der Waals surface area (Å²) in [5.41, 5.74) is 1.31. The van der Waals surface area contributed by atoms with Crippen molar-refractivity contribution in [2.75, 3.05) is 25.1 Å². The smallest absolute Gasteiger partial charge is 0.119 e. The van der Waals surface area contributed by atoms with Crippen LogP contribution < -0.4 is 15.0 Å². The van der Waals surface area contributed by atoms with Crippen molar-refractivity contribution in [2.24, 2.45) is 0 Å². The number of nitrogens with zero attached hydrogens (tertiary/aromatic N) is 1. The molecule has 1 aliphatic rings. The van der Waals surface area contributed by atoms with E-state index in [2.05, 4.69) is 54.4 Å². The lowest BCUT2D eigenvalue weighted by Gasteiger charge is -2.39. The minimum atomic E-state index is 0.530. The first-order valence-electron chi connectivity index (χ1n) is 7.25. The van der Waals surface area contributed by atoms with E-state index in [0.29, 0.717) is 12.1 Å². The Morgan fingerprint density at radius 1 is 1.10 bits per heavy atom. The number of fused-ring (bicyclic) bond motifs is 1. The number of hydrogen-bond donors (Lipinski definition) is 1. The Labute approximate surface area is 120 Å². The van der Waals surface area contributed by atoms with Crippen molar-refractivity contribution in [1.29, 1.82) is 0 Å². The molecule has 2 aromatic carbocycles. The summed E-state index contributed by atoms with van der Waals surface area (Å²) >= 11 is 0. The van der Waals surface area contributed by atoms with Gasteiger partial charge in [0.05, 0.1) is 7.11 Å². The van der Waals surface area contributed by atoms with E-state index in [1.165, 1.54) is 16.5 Å². The summed E-state index contributed by atoms with van der Waals surface area (Å²) in [5, 5.41) is 6.02. The first-order chi connectivity index (χ1) is 9.67. The number of ether oxygens (including phenoxy) is 1. The summed E-state index contributed by atoms with van der Waals surface area (Å²) in [6.45, 7) is 6.62. The molecule has 2 aromatic rings. The van der Waals surface area contributed by atoms with Crippen LogP contribution in [-0.2, 0) is 0 Å². The van der Waals surface area contributed by atoms with Crippen molar-refractivity contribution >= 4 is 16.5 Å². The van der Waals surface area contributed by atoms with E-state index in [9.17, 15) is 0 Å². The van der Waals surface area contributed by atoms with Crippen LogP contribution in [0.15, 0.2) is 36.4 Å². The molecule has 0 bridgehead atoms. The lowest BCUT2D eigenvalue weighted by molar-refractivity contribution is 0.415. The molecule has 0 aromatic heterocycles. The molecule has 1 N–H and O–H groups in total. The van der Waals surface area contributed by atoms with E-state index in [4.69, 9.17) is 4.74 Å². The Bertz CT molecular complexity index is 611. The van der Waals surface area contributed by atoms with E-state index in [0.717, 1.165) is 18.8 Å². The lowest BCUT2D eigenvalue weighted by Crippen LogP contribution is -2.54. The van der Waals surface area contributed by atoms with Crippen LogP contribution in [0.2, 0.25) is 0 Å². The predicted molar refractivity (Wildman–Crippen MR) is 84.8 cm³/mol. The first-order valence-corrected chi connectivity index (χ1v) is 7.25. The zero-order valence-corrected chi connectivity index (χ0v) is 12.4. The number of nitrogens with one attached hydrogen (secondary N) is 1. The van der Waals surface area contributed by atoms with E-state index in [1.807, 2.05) is 6.07 Å². The van der Waals surface area contributed by atoms with Gasteiger partial charge in [-0.25, -0.2) is 0 Å². The molecule has 1 aliphatic heterocycles. The second-order valence-electron chi connectivity index (χ2n) is 5.71. The van der Waals surface area contributed by atoms with Crippen molar-refractivity contribution in [3.8, 4) is 5.75 Å². The van der Waals surface area contributed by atoms with Gasteiger partial charge in [-0.3, -0.25) is 0 Å². The number of benzene rings is 2. The maximum Gasteiger partial charge on any atom is 0.119 e. The van der Waals surface area contributed by atoms with Crippen LogP contribution >= 0.6 is 0 Å². The Morgan fingerprint density at radius 3 is 2.65 bits per heavy atom. The van der Waals surface area contributed by atoms with E-state index in [1.54, 1.807) is 7.11 Å². The van der Waals surface area contributed by atoms with Crippen molar-refractivity contribution in [3.63, 3.8) is 0 Å². The van der Waals surface area contributed by atoms with Crippen LogP contribution in [0.5, 0.6) is 5.75 Å². The highest BCUT2D eigenvalue weighted by Gasteiger charge is 2.22. The fourth-order valence-corrected chi connectivity index (χ4v) is 2.90.